The summed E-state index contributed by atoms with van der Waals surface area (Å²) in [6, 6.07) is 0. The predicted octanol–water partition coefficient (Wildman–Crippen LogP) is 23.1. The third kappa shape index (κ3) is 63.4. The number of allylic oxidation sites excluding steroid dienone is 14. The van der Waals surface area contributed by atoms with Crippen LogP contribution in [-0.4, -0.2) is 37.2 Å². The predicted molar refractivity (Wildman–Crippen MR) is 339 cm³/mol. The Morgan fingerprint density at radius 3 is 0.795 bits per heavy atom. The minimum absolute atomic E-state index is 0.0869. The van der Waals surface area contributed by atoms with Crippen LogP contribution in [0, 0.1) is 0 Å². The Morgan fingerprint density at radius 2 is 0.500 bits per heavy atom. The van der Waals surface area contributed by atoms with Crippen LogP contribution in [0.3, 0.4) is 0 Å². The van der Waals surface area contributed by atoms with Crippen molar-refractivity contribution in [2.75, 3.05) is 13.2 Å². The van der Waals surface area contributed by atoms with E-state index in [1.165, 1.54) is 193 Å². The normalized spacial score (nSPS) is 12.6. The van der Waals surface area contributed by atoms with Crippen molar-refractivity contribution in [3.63, 3.8) is 0 Å². The second kappa shape index (κ2) is 66.1. The van der Waals surface area contributed by atoms with Crippen molar-refractivity contribution < 1.29 is 28.6 Å². The maximum absolute atomic E-state index is 12.9. The number of carbonyl (C=O) groups excluding carboxylic acids is 3. The largest absolute Gasteiger partial charge is 0.462 e. The molecule has 6 nitrogen and oxygen atoms in total. The summed E-state index contributed by atoms with van der Waals surface area (Å²) in [7, 11) is 0. The molecule has 0 fully saturated rings. The minimum atomic E-state index is -0.793. The lowest BCUT2D eigenvalue weighted by molar-refractivity contribution is -0.167. The van der Waals surface area contributed by atoms with Crippen LogP contribution in [0.5, 0.6) is 0 Å². The first-order chi connectivity index (χ1) is 38.5. The molecule has 0 radical (unpaired) electrons. The van der Waals surface area contributed by atoms with E-state index in [4.69, 9.17) is 14.2 Å². The maximum Gasteiger partial charge on any atom is 0.306 e. The lowest BCUT2D eigenvalue weighted by Crippen LogP contribution is -2.30. The van der Waals surface area contributed by atoms with Crippen LogP contribution in [0.2, 0.25) is 0 Å². The van der Waals surface area contributed by atoms with Gasteiger partial charge in [0.2, 0.25) is 0 Å². The minimum Gasteiger partial charge on any atom is -0.462 e. The number of rotatable bonds is 61. The van der Waals surface area contributed by atoms with Crippen LogP contribution in [0.1, 0.15) is 335 Å². The molecule has 0 aliphatic rings. The molecule has 0 amide bonds. The molecular formula is C72H126O6. The van der Waals surface area contributed by atoms with Crippen molar-refractivity contribution in [3.8, 4) is 0 Å². The van der Waals surface area contributed by atoms with Crippen molar-refractivity contribution in [3.05, 3.63) is 85.1 Å². The van der Waals surface area contributed by atoms with Gasteiger partial charge < -0.3 is 14.2 Å². The number of ether oxygens (including phenoxy) is 3. The van der Waals surface area contributed by atoms with Gasteiger partial charge in [0.1, 0.15) is 13.2 Å². The molecule has 0 aliphatic carbocycles. The highest BCUT2D eigenvalue weighted by atomic mass is 16.6. The summed E-state index contributed by atoms with van der Waals surface area (Å²) >= 11 is 0. The molecule has 0 aliphatic heterocycles. The topological polar surface area (TPSA) is 78.9 Å². The van der Waals surface area contributed by atoms with Crippen molar-refractivity contribution >= 4 is 17.9 Å². The molecule has 450 valence electrons. The summed E-state index contributed by atoms with van der Waals surface area (Å²) < 4.78 is 17.0. The first-order valence-electron chi connectivity index (χ1n) is 33.6. The zero-order valence-corrected chi connectivity index (χ0v) is 51.7. The van der Waals surface area contributed by atoms with Gasteiger partial charge in [-0.1, -0.05) is 305 Å². The lowest BCUT2D eigenvalue weighted by atomic mass is 10.0. The van der Waals surface area contributed by atoms with Gasteiger partial charge in [-0.05, 0) is 96.3 Å². The van der Waals surface area contributed by atoms with Gasteiger partial charge in [-0.3, -0.25) is 14.4 Å². The highest BCUT2D eigenvalue weighted by Gasteiger charge is 2.19. The average Bonchev–Trinajstić information content (AvgIpc) is 3.44. The van der Waals surface area contributed by atoms with Gasteiger partial charge in [-0.15, -0.1) is 0 Å². The molecule has 0 aromatic heterocycles. The molecule has 0 spiro atoms. The number of esters is 3. The molecule has 0 rings (SSSR count). The highest BCUT2D eigenvalue weighted by molar-refractivity contribution is 5.71. The molecule has 0 saturated carbocycles. The van der Waals surface area contributed by atoms with E-state index in [2.05, 4.69) is 106 Å². The molecule has 0 N–H and O–H groups in total. The fourth-order valence-corrected chi connectivity index (χ4v) is 9.62. The van der Waals surface area contributed by atoms with E-state index < -0.39 is 6.10 Å². The Balaban J connectivity index is 4.41. The van der Waals surface area contributed by atoms with Crippen molar-refractivity contribution in [2.24, 2.45) is 0 Å². The van der Waals surface area contributed by atoms with Gasteiger partial charge in [0.05, 0.1) is 0 Å². The molecule has 78 heavy (non-hydrogen) atoms. The standard InChI is InChI=1S/C72H126O6/c1-4-7-10-13-16-19-22-25-28-31-34-36-39-41-44-47-50-53-56-59-62-65-71(74)77-68-69(67-76-70(73)64-61-58-55-52-49-46-43-40-37-33-30-27-24-21-18-15-12-9-6-3)78-72(75)66-63-60-57-54-51-48-45-42-38-35-32-29-26-23-20-17-14-11-8-5-2/h9,12,18,21-22,25,27,30-31,34,37,40,46,49,69H,4-8,10-11,13-17,19-20,23-24,26,28-29,32-33,35-36,38-39,41-45,47-48,50-68H2,1-3H3/b12-9-,21-18-,25-22-,30-27-,34-31-,40-37-,49-46-. The monoisotopic (exact) mass is 1090 g/mol. The van der Waals surface area contributed by atoms with Crippen LogP contribution in [0.15, 0.2) is 85.1 Å². The van der Waals surface area contributed by atoms with E-state index >= 15 is 0 Å². The Bertz CT molecular complexity index is 1480. The summed E-state index contributed by atoms with van der Waals surface area (Å²) in [5, 5.41) is 0. The van der Waals surface area contributed by atoms with Crippen LogP contribution < -0.4 is 0 Å². The SMILES string of the molecule is CC/C=C\C/C=C\C/C=C\C/C=C\C/C=C\CCCCCC(=O)OCC(COC(=O)CCCCCCCCCCC/C=C\C/C=C\CCCCCCC)OC(=O)CCCCCCCCCCCCCCCCCCCCCC. The molecule has 0 aromatic rings. The summed E-state index contributed by atoms with van der Waals surface area (Å²) in [6.07, 6.45) is 87.3. The highest BCUT2D eigenvalue weighted by Crippen LogP contribution is 2.17. The Hall–Kier alpha value is -3.41. The smallest absolute Gasteiger partial charge is 0.306 e. The van der Waals surface area contributed by atoms with E-state index in [1.807, 2.05) is 0 Å². The molecule has 0 saturated heterocycles. The first kappa shape index (κ1) is 74.6. The molecule has 1 unspecified atom stereocenters. The Morgan fingerprint density at radius 1 is 0.269 bits per heavy atom. The maximum atomic E-state index is 12.9. The van der Waals surface area contributed by atoms with E-state index in [0.717, 1.165) is 103 Å². The van der Waals surface area contributed by atoms with Crippen molar-refractivity contribution in [2.45, 2.75) is 341 Å². The summed E-state index contributed by atoms with van der Waals surface area (Å²) in [5.41, 5.74) is 0. The summed E-state index contributed by atoms with van der Waals surface area (Å²) in [5.74, 6) is -0.906. The van der Waals surface area contributed by atoms with E-state index in [-0.39, 0.29) is 31.1 Å². The molecule has 6 heteroatoms. The molecule has 0 aromatic carbocycles. The van der Waals surface area contributed by atoms with Crippen molar-refractivity contribution in [1.29, 1.82) is 0 Å². The summed E-state index contributed by atoms with van der Waals surface area (Å²) in [4.78, 5) is 38.4. The second-order valence-electron chi connectivity index (χ2n) is 22.4. The quantitative estimate of drug-likeness (QED) is 0.0261. The van der Waals surface area contributed by atoms with Crippen molar-refractivity contribution in [1.82, 2.24) is 0 Å². The lowest BCUT2D eigenvalue weighted by Gasteiger charge is -2.18. The number of unbranched alkanes of at least 4 members (excludes halogenated alkanes) is 36. The second-order valence-corrected chi connectivity index (χ2v) is 22.4. The zero-order valence-electron chi connectivity index (χ0n) is 51.7. The fraction of sp³-hybridized carbons (Fsp3) is 0.764. The van der Waals surface area contributed by atoms with Gasteiger partial charge >= 0.3 is 17.9 Å². The third-order valence-electron chi connectivity index (χ3n) is 14.6. The van der Waals surface area contributed by atoms with E-state index in [9.17, 15) is 14.4 Å². The number of carbonyl (C=O) groups is 3. The van der Waals surface area contributed by atoms with Gasteiger partial charge in [-0.2, -0.15) is 0 Å². The van der Waals surface area contributed by atoms with Gasteiger partial charge in [0, 0.05) is 19.3 Å². The van der Waals surface area contributed by atoms with Gasteiger partial charge in [-0.25, -0.2) is 0 Å². The molecule has 1 atom stereocenters. The van der Waals surface area contributed by atoms with Crippen LogP contribution in [0.25, 0.3) is 0 Å². The fourth-order valence-electron chi connectivity index (χ4n) is 9.62. The van der Waals surface area contributed by atoms with Gasteiger partial charge in [0.15, 0.2) is 6.10 Å². The van der Waals surface area contributed by atoms with Gasteiger partial charge in [0.25, 0.3) is 0 Å². The van der Waals surface area contributed by atoms with E-state index in [1.54, 1.807) is 0 Å². The number of hydrogen-bond donors (Lipinski definition) is 0. The average molecular weight is 1090 g/mol. The van der Waals surface area contributed by atoms with Crippen LogP contribution in [-0.2, 0) is 28.6 Å². The molecule has 0 heterocycles. The van der Waals surface area contributed by atoms with Crippen LogP contribution >= 0.6 is 0 Å². The molecule has 0 bridgehead atoms. The zero-order chi connectivity index (χ0) is 56.4. The summed E-state index contributed by atoms with van der Waals surface area (Å²) in [6.45, 7) is 6.53. The number of hydrogen-bond acceptors (Lipinski definition) is 6. The third-order valence-corrected chi connectivity index (χ3v) is 14.6. The van der Waals surface area contributed by atoms with E-state index in [0.29, 0.717) is 19.3 Å². The van der Waals surface area contributed by atoms with Crippen LogP contribution in [0.4, 0.5) is 0 Å². The Labute approximate surface area is 484 Å². The Kier molecular flexibility index (Phi) is 63.2. The molecular weight excluding hydrogens is 961 g/mol. The first-order valence-corrected chi connectivity index (χ1v) is 33.6.